The fourth-order valence-corrected chi connectivity index (χ4v) is 4.71. The second-order valence-corrected chi connectivity index (χ2v) is 8.65. The summed E-state index contributed by atoms with van der Waals surface area (Å²) in [7, 11) is 1.31. The van der Waals surface area contributed by atoms with Gasteiger partial charge in [0, 0.05) is 9.52 Å². The van der Waals surface area contributed by atoms with Crippen LogP contribution in [0.15, 0.2) is 72.8 Å². The van der Waals surface area contributed by atoms with Crippen molar-refractivity contribution in [3.63, 3.8) is 0 Å². The molecule has 1 heterocycles. The molecule has 0 aliphatic carbocycles. The van der Waals surface area contributed by atoms with Crippen LogP contribution in [-0.4, -0.2) is 9.52 Å². The van der Waals surface area contributed by atoms with Crippen molar-refractivity contribution in [2.45, 2.75) is 51.6 Å². The summed E-state index contributed by atoms with van der Waals surface area (Å²) < 4.78 is 0. The number of fused-ring (bicyclic) bond motifs is 2. The third-order valence-electron chi connectivity index (χ3n) is 5.13. The Bertz CT molecular complexity index is 800. The fourth-order valence-electron chi connectivity index (χ4n) is 3.46. The molecule has 3 heteroatoms. The summed E-state index contributed by atoms with van der Waals surface area (Å²) in [6, 6.07) is 29.1. The quantitative estimate of drug-likeness (QED) is 0.156. The van der Waals surface area contributed by atoms with Crippen molar-refractivity contribution in [2.24, 2.45) is 0 Å². The average molecular weight is 613 g/mol. The van der Waals surface area contributed by atoms with Crippen molar-refractivity contribution < 1.29 is 52.4 Å². The minimum atomic E-state index is 0. The monoisotopic (exact) mass is 610 g/mol. The van der Waals surface area contributed by atoms with E-state index in [2.05, 4.69) is 86.6 Å². The molecular weight excluding hydrogens is 571 g/mol. The third-order valence-corrected chi connectivity index (χ3v) is 6.54. The zero-order valence-electron chi connectivity index (χ0n) is 21.7. The van der Waals surface area contributed by atoms with Gasteiger partial charge in [0.15, 0.2) is 0 Å². The predicted molar refractivity (Wildman–Crippen MR) is 148 cm³/mol. The maximum atomic E-state index is 2.26. The summed E-state index contributed by atoms with van der Waals surface area (Å²) >= 11 is 0. The van der Waals surface area contributed by atoms with Crippen LogP contribution in [0.25, 0.3) is 21.5 Å². The summed E-state index contributed by atoms with van der Waals surface area (Å²) in [5.41, 5.74) is 2.87. The molecule has 1 aliphatic rings. The second-order valence-electron chi connectivity index (χ2n) is 7.15. The van der Waals surface area contributed by atoms with E-state index in [9.17, 15) is 0 Å². The Balaban J connectivity index is -0.000000184. The van der Waals surface area contributed by atoms with Gasteiger partial charge in [0.05, 0.1) is 0 Å². The summed E-state index contributed by atoms with van der Waals surface area (Å²) in [6.45, 7) is 4.38. The zero-order chi connectivity index (χ0) is 18.9. The van der Waals surface area contributed by atoms with E-state index < -0.39 is 0 Å². The van der Waals surface area contributed by atoms with Gasteiger partial charge in [0.1, 0.15) is 0 Å². The number of hydrogen-bond acceptors (Lipinski definition) is 0. The molecule has 1 saturated heterocycles. The van der Waals surface area contributed by atoms with Crippen molar-refractivity contribution >= 4 is 31.1 Å². The van der Waals surface area contributed by atoms with Crippen molar-refractivity contribution in [1.29, 1.82) is 0 Å². The molecule has 0 unspecified atom stereocenters. The molecule has 0 bridgehead atoms. The van der Waals surface area contributed by atoms with Gasteiger partial charge in [-0.3, -0.25) is 0 Å². The van der Waals surface area contributed by atoms with E-state index in [0.717, 1.165) is 12.8 Å². The van der Waals surface area contributed by atoms with Crippen LogP contribution in [0.4, 0.5) is 0 Å². The minimum Gasteiger partial charge on any atom is -0.358 e. The molecule has 1 aliphatic heterocycles. The van der Waals surface area contributed by atoms with E-state index in [1.54, 1.807) is 0 Å². The second kappa shape index (κ2) is 22.1. The first-order valence-electron chi connectivity index (χ1n) is 10.3. The van der Waals surface area contributed by atoms with E-state index in [4.69, 9.17) is 0 Å². The van der Waals surface area contributed by atoms with E-state index >= 15 is 0 Å². The van der Waals surface area contributed by atoms with Crippen LogP contribution in [0.5, 0.6) is 0 Å². The predicted octanol–water partition coefficient (Wildman–Crippen LogP) is 9.36. The van der Waals surface area contributed by atoms with E-state index in [0.29, 0.717) is 0 Å². The van der Waals surface area contributed by atoms with Gasteiger partial charge in [0.2, 0.25) is 0 Å². The van der Waals surface area contributed by atoms with Crippen molar-refractivity contribution in [1.82, 2.24) is 0 Å². The molecule has 33 heavy (non-hydrogen) atoms. The van der Waals surface area contributed by atoms with Gasteiger partial charge in [-0.1, -0.05) is 50.9 Å². The van der Waals surface area contributed by atoms with E-state index in [-0.39, 0.29) is 82.1 Å². The first-order chi connectivity index (χ1) is 13.3. The van der Waals surface area contributed by atoms with Crippen molar-refractivity contribution in [3.8, 4) is 0 Å². The topological polar surface area (TPSA) is 0 Å². The van der Waals surface area contributed by atoms with Crippen LogP contribution < -0.4 is 0 Å². The SMILES string of the molecule is C1CC[Si]C1.CCc1cc2ccccc2[cH-]1.CCc1cc2ccccc2[cH-]1.[CH3-].[CH3-].[CH3-].[CH3-].[Zr+3].[Zr+3]. The molecule has 0 amide bonds. The van der Waals surface area contributed by atoms with Crippen LogP contribution in [-0.2, 0) is 65.2 Å². The molecule has 4 aromatic carbocycles. The summed E-state index contributed by atoms with van der Waals surface area (Å²) in [6.07, 6.45) is 5.29. The number of hydrogen-bond donors (Lipinski definition) is 0. The van der Waals surface area contributed by atoms with Gasteiger partial charge < -0.3 is 29.7 Å². The van der Waals surface area contributed by atoms with Crippen LogP contribution in [0.1, 0.15) is 37.8 Å². The van der Waals surface area contributed by atoms with E-state index in [1.807, 2.05) is 0 Å². The van der Waals surface area contributed by atoms with Crippen molar-refractivity contribution in [3.05, 3.63) is 114 Å². The fraction of sp³-hybridized carbons (Fsp3) is 0.267. The Labute approximate surface area is 246 Å². The summed E-state index contributed by atoms with van der Waals surface area (Å²) in [5, 5.41) is 5.46. The van der Waals surface area contributed by atoms with Crippen LogP contribution in [0.2, 0.25) is 12.1 Å². The van der Waals surface area contributed by atoms with Gasteiger partial charge in [-0.2, -0.15) is 12.1 Å². The van der Waals surface area contributed by atoms with Gasteiger partial charge in [-0.25, -0.2) is 0 Å². The molecule has 174 valence electrons. The van der Waals surface area contributed by atoms with Crippen molar-refractivity contribution in [2.75, 3.05) is 0 Å². The molecule has 0 atom stereocenters. The van der Waals surface area contributed by atoms with E-state index in [1.165, 1.54) is 67.1 Å². The Morgan fingerprint density at radius 3 is 1.27 bits per heavy atom. The molecule has 4 radical (unpaired) electrons. The maximum Gasteiger partial charge on any atom is 3.00 e. The van der Waals surface area contributed by atoms with Gasteiger partial charge >= 0.3 is 52.4 Å². The Morgan fingerprint density at radius 1 is 0.636 bits per heavy atom. The largest absolute Gasteiger partial charge is 3.00 e. The molecule has 0 aromatic heterocycles. The van der Waals surface area contributed by atoms with Gasteiger partial charge in [-0.05, 0) is 12.8 Å². The zero-order valence-corrected chi connectivity index (χ0v) is 27.6. The Morgan fingerprint density at radius 2 is 1.00 bits per heavy atom. The molecule has 0 nitrogen and oxygen atoms in total. The van der Waals surface area contributed by atoms with Gasteiger partial charge in [0.25, 0.3) is 0 Å². The maximum absolute atomic E-state index is 2.26. The molecule has 0 saturated carbocycles. The van der Waals surface area contributed by atoms with Gasteiger partial charge in [-0.15, -0.1) is 81.2 Å². The smallest absolute Gasteiger partial charge is 0.358 e. The Kier molecular flexibility index (Phi) is 26.7. The number of aryl methyl sites for hydroxylation is 2. The molecular formula is C30H42SiZr2. The molecule has 0 spiro atoms. The first-order valence-corrected chi connectivity index (χ1v) is 11.7. The molecule has 4 aromatic rings. The summed E-state index contributed by atoms with van der Waals surface area (Å²) in [4.78, 5) is 0. The van der Waals surface area contributed by atoms with Crippen LogP contribution >= 0.6 is 0 Å². The third kappa shape index (κ3) is 12.8. The Hall–Kier alpha value is -0.357. The number of benzene rings is 2. The minimum absolute atomic E-state index is 0. The molecule has 5 rings (SSSR count). The average Bonchev–Trinajstić information content (AvgIpc) is 3.48. The number of rotatable bonds is 2. The molecule has 0 N–H and O–H groups in total. The standard InChI is InChI=1S/2C11H11.C4H8Si.4CH3.2Zr/c2*1-2-9-7-10-5-3-4-6-11(10)8-9;1-2-4-5-3-1;;;;;;/h2*3-8H,2H2,1H3;1-4H2;4*1H3;;/q2*-1;;4*-1;2*+3. The first kappa shape index (κ1) is 39.8. The molecule has 1 fully saturated rings. The normalized spacial score (nSPS) is 10.7. The summed E-state index contributed by atoms with van der Waals surface area (Å²) in [5.74, 6) is 0. The van der Waals surface area contributed by atoms with Crippen LogP contribution in [0.3, 0.4) is 0 Å². The van der Waals surface area contributed by atoms with Crippen LogP contribution in [0, 0.1) is 29.7 Å².